The van der Waals surface area contributed by atoms with Crippen LogP contribution in [-0.2, 0) is 6.42 Å². The first-order chi connectivity index (χ1) is 8.07. The summed E-state index contributed by atoms with van der Waals surface area (Å²) in [5, 5.41) is 3.00. The molecule has 2 atom stereocenters. The maximum Gasteiger partial charge on any atom is 0.393 e. The van der Waals surface area contributed by atoms with Crippen molar-refractivity contribution in [3.8, 4) is 0 Å². The Morgan fingerprint density at radius 3 is 2.53 bits per heavy atom. The van der Waals surface area contributed by atoms with Gasteiger partial charge >= 0.3 is 6.18 Å². The van der Waals surface area contributed by atoms with Crippen molar-refractivity contribution < 1.29 is 13.2 Å². The van der Waals surface area contributed by atoms with Crippen molar-refractivity contribution in [2.75, 3.05) is 6.54 Å². The monoisotopic (exact) mass is 243 g/mol. The lowest BCUT2D eigenvalue weighted by molar-refractivity contribution is -0.188. The van der Waals surface area contributed by atoms with Gasteiger partial charge in [-0.25, -0.2) is 0 Å². The van der Waals surface area contributed by atoms with Crippen LogP contribution in [0.15, 0.2) is 30.3 Å². The van der Waals surface area contributed by atoms with Gasteiger partial charge in [-0.05, 0) is 31.4 Å². The zero-order valence-corrected chi connectivity index (χ0v) is 9.50. The SMILES string of the molecule is FC(F)(F)C1CCCNC1Cc1ccccc1. The van der Waals surface area contributed by atoms with Crippen LogP contribution < -0.4 is 5.32 Å². The highest BCUT2D eigenvalue weighted by Gasteiger charge is 2.45. The average molecular weight is 243 g/mol. The number of alkyl halides is 3. The molecule has 2 unspecified atom stereocenters. The van der Waals surface area contributed by atoms with Gasteiger partial charge in [-0.1, -0.05) is 30.3 Å². The van der Waals surface area contributed by atoms with Crippen molar-refractivity contribution in [3.05, 3.63) is 35.9 Å². The summed E-state index contributed by atoms with van der Waals surface area (Å²) in [6, 6.07) is 8.87. The van der Waals surface area contributed by atoms with Crippen molar-refractivity contribution in [3.63, 3.8) is 0 Å². The van der Waals surface area contributed by atoms with Gasteiger partial charge in [-0.2, -0.15) is 13.2 Å². The lowest BCUT2D eigenvalue weighted by Crippen LogP contribution is -2.48. The highest BCUT2D eigenvalue weighted by Crippen LogP contribution is 2.35. The number of piperidine rings is 1. The summed E-state index contributed by atoms with van der Waals surface area (Å²) in [6.45, 7) is 0.685. The molecule has 4 heteroatoms. The molecule has 1 nitrogen and oxygen atoms in total. The van der Waals surface area contributed by atoms with Gasteiger partial charge in [-0.15, -0.1) is 0 Å². The molecule has 17 heavy (non-hydrogen) atoms. The Morgan fingerprint density at radius 1 is 1.18 bits per heavy atom. The normalized spacial score (nSPS) is 25.8. The number of benzene rings is 1. The first kappa shape index (κ1) is 12.4. The molecule has 0 spiro atoms. The van der Waals surface area contributed by atoms with E-state index in [1.807, 2.05) is 30.3 Å². The van der Waals surface area contributed by atoms with E-state index in [1.165, 1.54) is 0 Å². The second-order valence-corrected chi connectivity index (χ2v) is 4.54. The van der Waals surface area contributed by atoms with Crippen LogP contribution in [0.2, 0.25) is 0 Å². The largest absolute Gasteiger partial charge is 0.393 e. The summed E-state index contributed by atoms with van der Waals surface area (Å²) in [5.74, 6) is -1.21. The Labute approximate surface area is 99.0 Å². The molecular formula is C13H16F3N. The van der Waals surface area contributed by atoms with Crippen molar-refractivity contribution in [2.45, 2.75) is 31.5 Å². The maximum atomic E-state index is 12.9. The summed E-state index contributed by atoms with van der Waals surface area (Å²) in [4.78, 5) is 0. The Kier molecular flexibility index (Phi) is 3.72. The molecule has 0 bridgehead atoms. The Balaban J connectivity index is 2.07. The van der Waals surface area contributed by atoms with Gasteiger partial charge in [0.25, 0.3) is 0 Å². The molecular weight excluding hydrogens is 227 g/mol. The number of halogens is 3. The summed E-state index contributed by atoms with van der Waals surface area (Å²) in [6.07, 6.45) is -2.79. The molecule has 0 aromatic heterocycles. The van der Waals surface area contributed by atoms with Gasteiger partial charge in [0.05, 0.1) is 5.92 Å². The van der Waals surface area contributed by atoms with Gasteiger partial charge < -0.3 is 5.32 Å². The Hall–Kier alpha value is -1.03. The van der Waals surface area contributed by atoms with Gasteiger partial charge in [0.2, 0.25) is 0 Å². The predicted octanol–water partition coefficient (Wildman–Crippen LogP) is 3.16. The van der Waals surface area contributed by atoms with Crippen molar-refractivity contribution in [1.82, 2.24) is 5.32 Å². The van der Waals surface area contributed by atoms with E-state index < -0.39 is 18.1 Å². The van der Waals surface area contributed by atoms with Gasteiger partial charge in [-0.3, -0.25) is 0 Å². The van der Waals surface area contributed by atoms with Gasteiger partial charge in [0.15, 0.2) is 0 Å². The average Bonchev–Trinajstić information content (AvgIpc) is 2.30. The van der Waals surface area contributed by atoms with Crippen molar-refractivity contribution in [1.29, 1.82) is 0 Å². The van der Waals surface area contributed by atoms with Crippen molar-refractivity contribution in [2.24, 2.45) is 5.92 Å². The second-order valence-electron chi connectivity index (χ2n) is 4.54. The standard InChI is InChI=1S/C13H16F3N/c14-13(15,16)11-7-4-8-17-12(11)9-10-5-2-1-3-6-10/h1-3,5-6,11-12,17H,4,7-9H2. The highest BCUT2D eigenvalue weighted by atomic mass is 19.4. The number of hydrogen-bond donors (Lipinski definition) is 1. The minimum atomic E-state index is -4.09. The molecule has 2 rings (SSSR count). The molecule has 1 aromatic carbocycles. The van der Waals surface area contributed by atoms with E-state index in [9.17, 15) is 13.2 Å². The topological polar surface area (TPSA) is 12.0 Å². The lowest BCUT2D eigenvalue weighted by atomic mass is 9.86. The van der Waals surface area contributed by atoms with E-state index in [4.69, 9.17) is 0 Å². The molecule has 1 aliphatic rings. The number of hydrogen-bond acceptors (Lipinski definition) is 1. The third-order valence-corrected chi connectivity index (χ3v) is 3.30. The predicted molar refractivity (Wildman–Crippen MR) is 60.7 cm³/mol. The zero-order valence-electron chi connectivity index (χ0n) is 9.50. The number of rotatable bonds is 2. The van der Waals surface area contributed by atoms with E-state index in [-0.39, 0.29) is 6.42 Å². The van der Waals surface area contributed by atoms with Crippen molar-refractivity contribution >= 4 is 0 Å². The molecule has 1 saturated heterocycles. The van der Waals surface area contributed by atoms with Crippen LogP contribution in [0, 0.1) is 5.92 Å². The van der Waals surface area contributed by atoms with Crippen LogP contribution in [0.5, 0.6) is 0 Å². The quantitative estimate of drug-likeness (QED) is 0.841. The molecule has 0 amide bonds. The van der Waals surface area contributed by atoms with Crippen LogP contribution in [-0.4, -0.2) is 18.8 Å². The first-order valence-electron chi connectivity index (χ1n) is 5.91. The molecule has 1 aliphatic heterocycles. The van der Waals surface area contributed by atoms with Gasteiger partial charge in [0, 0.05) is 6.04 Å². The van der Waals surface area contributed by atoms with Crippen LogP contribution in [0.25, 0.3) is 0 Å². The molecule has 1 aromatic rings. The van der Waals surface area contributed by atoms with E-state index >= 15 is 0 Å². The minimum absolute atomic E-state index is 0.244. The third-order valence-electron chi connectivity index (χ3n) is 3.30. The third kappa shape index (κ3) is 3.22. The molecule has 1 fully saturated rings. The lowest BCUT2D eigenvalue weighted by Gasteiger charge is -2.34. The molecule has 1 heterocycles. The molecule has 0 aliphatic carbocycles. The van der Waals surface area contributed by atoms with Crippen LogP contribution in [0.4, 0.5) is 13.2 Å². The highest BCUT2D eigenvalue weighted by molar-refractivity contribution is 5.16. The number of nitrogens with one attached hydrogen (secondary N) is 1. The van der Waals surface area contributed by atoms with E-state index in [0.717, 1.165) is 5.56 Å². The maximum absolute atomic E-state index is 12.9. The van der Waals surface area contributed by atoms with E-state index in [1.54, 1.807) is 0 Å². The molecule has 1 N–H and O–H groups in total. The smallest absolute Gasteiger partial charge is 0.313 e. The van der Waals surface area contributed by atoms with E-state index in [0.29, 0.717) is 19.4 Å². The summed E-state index contributed by atoms with van der Waals surface area (Å²) >= 11 is 0. The summed E-state index contributed by atoms with van der Waals surface area (Å²) in [5.41, 5.74) is 0.959. The van der Waals surface area contributed by atoms with Crippen LogP contribution in [0.3, 0.4) is 0 Å². The first-order valence-corrected chi connectivity index (χ1v) is 5.91. The zero-order chi connectivity index (χ0) is 12.3. The Morgan fingerprint density at radius 2 is 1.88 bits per heavy atom. The molecule has 0 saturated carbocycles. The Bertz CT molecular complexity index is 347. The fourth-order valence-electron chi connectivity index (χ4n) is 2.43. The molecule has 0 radical (unpaired) electrons. The molecule has 94 valence electrons. The minimum Gasteiger partial charge on any atom is -0.313 e. The fourth-order valence-corrected chi connectivity index (χ4v) is 2.43. The fraction of sp³-hybridized carbons (Fsp3) is 0.538. The second kappa shape index (κ2) is 5.08. The summed E-state index contributed by atoms with van der Waals surface area (Å²) in [7, 11) is 0. The van der Waals surface area contributed by atoms with Crippen LogP contribution in [0.1, 0.15) is 18.4 Å². The summed E-state index contributed by atoms with van der Waals surface area (Å²) < 4.78 is 38.6. The van der Waals surface area contributed by atoms with E-state index in [2.05, 4.69) is 5.32 Å². The van der Waals surface area contributed by atoms with Crippen LogP contribution >= 0.6 is 0 Å². The van der Waals surface area contributed by atoms with Gasteiger partial charge in [0.1, 0.15) is 0 Å².